The first kappa shape index (κ1) is 17.8. The van der Waals surface area contributed by atoms with Gasteiger partial charge in [0.25, 0.3) is 5.91 Å². The highest BCUT2D eigenvalue weighted by molar-refractivity contribution is 5.95. The highest BCUT2D eigenvalue weighted by Crippen LogP contribution is 2.30. The highest BCUT2D eigenvalue weighted by Gasteiger charge is 2.34. The topological polar surface area (TPSA) is 40.6 Å². The quantitative estimate of drug-likeness (QED) is 0.818. The fraction of sp³-hybridized carbons (Fsp3) is 0.556. The Labute approximate surface area is 144 Å². The van der Waals surface area contributed by atoms with Gasteiger partial charge in [0.1, 0.15) is 0 Å². The first-order valence-corrected chi connectivity index (χ1v) is 8.61. The maximum Gasteiger partial charge on any atom is 0.416 e. The molecular formula is C18H21F3N2O2. The molecule has 0 saturated carbocycles. The zero-order valence-electron chi connectivity index (χ0n) is 13.9. The summed E-state index contributed by atoms with van der Waals surface area (Å²) in [5, 5.41) is 0. The zero-order chi connectivity index (χ0) is 18.0. The lowest BCUT2D eigenvalue weighted by Crippen LogP contribution is -2.46. The van der Waals surface area contributed by atoms with Gasteiger partial charge in [-0.25, -0.2) is 0 Å². The third-order valence-corrected chi connectivity index (χ3v) is 4.91. The Bertz CT molecular complexity index is 654. The minimum Gasteiger partial charge on any atom is -0.342 e. The van der Waals surface area contributed by atoms with Gasteiger partial charge in [-0.3, -0.25) is 9.59 Å². The number of nitrogens with zero attached hydrogens (tertiary/aromatic N) is 2. The van der Waals surface area contributed by atoms with Crippen LogP contribution >= 0.6 is 0 Å². The van der Waals surface area contributed by atoms with E-state index in [0.717, 1.165) is 44.5 Å². The first-order chi connectivity index (χ1) is 11.9. The van der Waals surface area contributed by atoms with Crippen molar-refractivity contribution in [3.05, 3.63) is 35.4 Å². The van der Waals surface area contributed by atoms with Crippen LogP contribution in [0.4, 0.5) is 13.2 Å². The number of likely N-dealkylation sites (tertiary alicyclic amines) is 2. The molecule has 1 aromatic rings. The second kappa shape index (κ2) is 7.06. The smallest absolute Gasteiger partial charge is 0.342 e. The van der Waals surface area contributed by atoms with Crippen LogP contribution in [-0.4, -0.2) is 47.8 Å². The molecule has 1 unspecified atom stereocenters. The Kier molecular flexibility index (Phi) is 5.01. The van der Waals surface area contributed by atoms with Gasteiger partial charge < -0.3 is 9.80 Å². The van der Waals surface area contributed by atoms with E-state index in [1.54, 1.807) is 0 Å². The van der Waals surface area contributed by atoms with Gasteiger partial charge in [-0.05, 0) is 43.9 Å². The molecule has 7 heteroatoms. The van der Waals surface area contributed by atoms with Crippen molar-refractivity contribution in [2.75, 3.05) is 26.2 Å². The minimum atomic E-state index is -4.48. The van der Waals surface area contributed by atoms with Crippen LogP contribution < -0.4 is 0 Å². The van der Waals surface area contributed by atoms with E-state index in [9.17, 15) is 22.8 Å². The van der Waals surface area contributed by atoms with Crippen LogP contribution in [0.5, 0.6) is 0 Å². The molecule has 4 nitrogen and oxygen atoms in total. The van der Waals surface area contributed by atoms with E-state index in [2.05, 4.69) is 0 Å². The summed E-state index contributed by atoms with van der Waals surface area (Å²) in [5.74, 6) is -0.620. The number of rotatable bonds is 2. The Balaban J connectivity index is 1.70. The van der Waals surface area contributed by atoms with E-state index < -0.39 is 17.6 Å². The van der Waals surface area contributed by atoms with Gasteiger partial charge in [0.15, 0.2) is 0 Å². The van der Waals surface area contributed by atoms with E-state index in [1.807, 2.05) is 4.90 Å². The molecule has 136 valence electrons. The number of amides is 2. The Morgan fingerprint density at radius 1 is 1.00 bits per heavy atom. The van der Waals surface area contributed by atoms with Gasteiger partial charge in [-0.1, -0.05) is 6.07 Å². The number of piperidine rings is 1. The van der Waals surface area contributed by atoms with Crippen LogP contribution in [-0.2, 0) is 11.0 Å². The van der Waals surface area contributed by atoms with Crippen molar-refractivity contribution >= 4 is 11.8 Å². The summed E-state index contributed by atoms with van der Waals surface area (Å²) in [5.41, 5.74) is -0.816. The Morgan fingerprint density at radius 2 is 1.68 bits per heavy atom. The van der Waals surface area contributed by atoms with Crippen molar-refractivity contribution in [3.63, 3.8) is 0 Å². The molecule has 0 radical (unpaired) electrons. The lowest BCUT2D eigenvalue weighted by atomic mass is 9.95. The predicted octanol–water partition coefficient (Wildman–Crippen LogP) is 3.18. The summed E-state index contributed by atoms with van der Waals surface area (Å²) >= 11 is 0. The average molecular weight is 354 g/mol. The maximum absolute atomic E-state index is 12.8. The van der Waals surface area contributed by atoms with Crippen molar-refractivity contribution in [1.29, 1.82) is 0 Å². The van der Waals surface area contributed by atoms with Gasteiger partial charge in [0, 0.05) is 31.7 Å². The zero-order valence-corrected chi connectivity index (χ0v) is 13.9. The monoisotopic (exact) mass is 354 g/mol. The molecule has 2 aliphatic heterocycles. The van der Waals surface area contributed by atoms with Crippen LogP contribution in [0.15, 0.2) is 24.3 Å². The van der Waals surface area contributed by atoms with Crippen molar-refractivity contribution in [2.24, 2.45) is 5.92 Å². The molecule has 2 heterocycles. The normalized spacial score (nSPS) is 21.5. The lowest BCUT2D eigenvalue weighted by Gasteiger charge is -2.34. The van der Waals surface area contributed by atoms with Gasteiger partial charge in [0.2, 0.25) is 5.91 Å². The molecule has 0 spiro atoms. The van der Waals surface area contributed by atoms with E-state index >= 15 is 0 Å². The number of alkyl halides is 3. The summed E-state index contributed by atoms with van der Waals surface area (Å²) in [6, 6.07) is 4.47. The number of hydrogen-bond acceptors (Lipinski definition) is 2. The van der Waals surface area contributed by atoms with Crippen LogP contribution in [0, 0.1) is 5.92 Å². The number of carbonyl (C=O) groups excluding carboxylic acids is 2. The molecule has 3 rings (SSSR count). The summed E-state index contributed by atoms with van der Waals surface area (Å²) < 4.78 is 38.5. The molecule has 1 atom stereocenters. The van der Waals surface area contributed by atoms with Crippen molar-refractivity contribution in [3.8, 4) is 0 Å². The summed E-state index contributed by atoms with van der Waals surface area (Å²) in [7, 11) is 0. The van der Waals surface area contributed by atoms with Crippen LogP contribution in [0.2, 0.25) is 0 Å². The third-order valence-electron chi connectivity index (χ3n) is 4.91. The molecule has 0 N–H and O–H groups in total. The molecular weight excluding hydrogens is 333 g/mol. The van der Waals surface area contributed by atoms with Gasteiger partial charge >= 0.3 is 6.18 Å². The molecule has 1 aromatic carbocycles. The van der Waals surface area contributed by atoms with Crippen LogP contribution in [0.3, 0.4) is 0 Å². The second-order valence-electron chi connectivity index (χ2n) is 6.70. The third kappa shape index (κ3) is 3.96. The molecule has 2 aliphatic rings. The molecule has 2 saturated heterocycles. The number of benzene rings is 1. The van der Waals surface area contributed by atoms with E-state index in [-0.39, 0.29) is 23.9 Å². The Hall–Kier alpha value is -2.05. The molecule has 0 aromatic heterocycles. The fourth-order valence-electron chi connectivity index (χ4n) is 3.57. The number of halogens is 3. The van der Waals surface area contributed by atoms with Crippen molar-refractivity contribution in [2.45, 2.75) is 31.9 Å². The SMILES string of the molecule is O=C(c1cccc(C(F)(F)F)c1)N1CCCC(C(=O)N2CCCC2)C1. The van der Waals surface area contributed by atoms with Gasteiger partial charge in [-0.2, -0.15) is 13.2 Å². The predicted molar refractivity (Wildman–Crippen MR) is 85.9 cm³/mol. The summed E-state index contributed by atoms with van der Waals surface area (Å²) in [6.07, 6.45) is -1.06. The summed E-state index contributed by atoms with van der Waals surface area (Å²) in [4.78, 5) is 28.5. The largest absolute Gasteiger partial charge is 0.416 e. The van der Waals surface area contributed by atoms with Crippen LogP contribution in [0.25, 0.3) is 0 Å². The molecule has 0 bridgehead atoms. The van der Waals surface area contributed by atoms with E-state index in [4.69, 9.17) is 0 Å². The van der Waals surface area contributed by atoms with E-state index in [1.165, 1.54) is 17.0 Å². The maximum atomic E-state index is 12.8. The first-order valence-electron chi connectivity index (χ1n) is 8.61. The van der Waals surface area contributed by atoms with Crippen LogP contribution in [0.1, 0.15) is 41.6 Å². The number of hydrogen-bond donors (Lipinski definition) is 0. The minimum absolute atomic E-state index is 0.0177. The molecule has 2 fully saturated rings. The Morgan fingerprint density at radius 3 is 2.36 bits per heavy atom. The molecule has 2 amide bonds. The average Bonchev–Trinajstić information content (AvgIpc) is 3.14. The van der Waals surface area contributed by atoms with Gasteiger partial charge in [-0.15, -0.1) is 0 Å². The highest BCUT2D eigenvalue weighted by atomic mass is 19.4. The van der Waals surface area contributed by atoms with Gasteiger partial charge in [0.05, 0.1) is 11.5 Å². The molecule has 0 aliphatic carbocycles. The van der Waals surface area contributed by atoms with E-state index in [0.29, 0.717) is 13.0 Å². The second-order valence-corrected chi connectivity index (χ2v) is 6.70. The van der Waals surface area contributed by atoms with Crippen molar-refractivity contribution in [1.82, 2.24) is 9.80 Å². The fourth-order valence-corrected chi connectivity index (χ4v) is 3.57. The standard InChI is InChI=1S/C18H21F3N2O2/c19-18(20,21)15-7-3-5-13(11-15)16(24)23-10-4-6-14(12-23)17(25)22-8-1-2-9-22/h3,5,7,11,14H,1-2,4,6,8-10,12H2. The lowest BCUT2D eigenvalue weighted by molar-refractivity contribution is -0.137. The summed E-state index contributed by atoms with van der Waals surface area (Å²) in [6.45, 7) is 2.27. The number of carbonyl (C=O) groups is 2. The van der Waals surface area contributed by atoms with Crippen molar-refractivity contribution < 1.29 is 22.8 Å². The molecule has 25 heavy (non-hydrogen) atoms.